The predicted molar refractivity (Wildman–Crippen MR) is 155 cm³/mol. The fourth-order valence-corrected chi connectivity index (χ4v) is 5.94. The molecule has 42 heavy (non-hydrogen) atoms. The number of hydrogen-bond acceptors (Lipinski definition) is 7. The van der Waals surface area contributed by atoms with Crippen molar-refractivity contribution < 1.29 is 32.2 Å². The van der Waals surface area contributed by atoms with Crippen molar-refractivity contribution in [3.8, 4) is 17.0 Å². The summed E-state index contributed by atoms with van der Waals surface area (Å²) in [5.41, 5.74) is 1.86. The number of aromatic nitrogens is 1. The van der Waals surface area contributed by atoms with Gasteiger partial charge in [0, 0.05) is 50.9 Å². The van der Waals surface area contributed by atoms with Crippen LogP contribution < -0.4 is 4.74 Å². The molecule has 1 aliphatic heterocycles. The molecule has 0 radical (unpaired) electrons. The van der Waals surface area contributed by atoms with Gasteiger partial charge in [0.25, 0.3) is 11.8 Å². The van der Waals surface area contributed by atoms with Gasteiger partial charge in [-0.05, 0) is 48.9 Å². The largest absolute Gasteiger partial charge is 0.472 e. The van der Waals surface area contributed by atoms with Crippen molar-refractivity contribution in [3.63, 3.8) is 0 Å². The molecule has 224 valence electrons. The Morgan fingerprint density at radius 1 is 1.14 bits per heavy atom. The first-order valence-electron chi connectivity index (χ1n) is 13.5. The molecular weight excluding hydrogens is 563 g/mol. The lowest BCUT2D eigenvalue weighted by atomic mass is 9.99. The molecule has 1 aromatic heterocycles. The van der Waals surface area contributed by atoms with Gasteiger partial charge in [-0.2, -0.15) is 4.31 Å². The number of benzene rings is 2. The number of hydrogen-bond donors (Lipinski definition) is 1. The Labute approximate surface area is 245 Å². The second kappa shape index (κ2) is 12.6. The summed E-state index contributed by atoms with van der Waals surface area (Å²) in [5, 5.41) is 9.93. The van der Waals surface area contributed by atoms with Crippen molar-refractivity contribution in [2.24, 2.45) is 5.92 Å². The van der Waals surface area contributed by atoms with Gasteiger partial charge >= 0.3 is 0 Å². The van der Waals surface area contributed by atoms with Gasteiger partial charge in [-0.15, -0.1) is 0 Å². The summed E-state index contributed by atoms with van der Waals surface area (Å²) in [6, 6.07) is 12.8. The lowest BCUT2D eigenvalue weighted by molar-refractivity contribution is 0.0373. The molecule has 0 bridgehead atoms. The first-order valence-corrected chi connectivity index (χ1v) is 14.9. The number of rotatable bonds is 8. The molecule has 0 unspecified atom stereocenters. The van der Waals surface area contributed by atoms with E-state index in [1.54, 1.807) is 51.4 Å². The van der Waals surface area contributed by atoms with Crippen LogP contribution in [0.1, 0.15) is 34.6 Å². The van der Waals surface area contributed by atoms with Crippen LogP contribution in [-0.2, 0) is 10.0 Å². The van der Waals surface area contributed by atoms with Crippen molar-refractivity contribution >= 4 is 21.8 Å². The second-order valence-corrected chi connectivity index (χ2v) is 12.8. The van der Waals surface area contributed by atoms with Crippen LogP contribution in [0.15, 0.2) is 65.7 Å². The first kappa shape index (κ1) is 31.1. The Morgan fingerprint density at radius 3 is 2.52 bits per heavy atom. The molecular formula is C30H35FN4O6S. The van der Waals surface area contributed by atoms with E-state index in [1.807, 2.05) is 6.92 Å². The Balaban J connectivity index is 1.72. The number of sulfonamides is 1. The summed E-state index contributed by atoms with van der Waals surface area (Å²) in [6.07, 6.45) is 0.791. The topological polar surface area (TPSA) is 120 Å². The molecule has 1 aliphatic rings. The standard InChI is InChI=1S/C30H35FN4O6S/c1-19-16-35(20(2)18-36)30(38)26-13-23(21-8-6-9-22(12-21)29(37)33(3)4)15-32-28(26)41-27(19)17-34(5)42(39,40)25-11-7-10-24(31)14-25/h6-15,19-20,27,36H,16-18H2,1-5H3/t19-,20+,27-/m1/s1. The fourth-order valence-electron chi connectivity index (χ4n) is 4.73. The van der Waals surface area contributed by atoms with E-state index < -0.39 is 33.9 Å². The van der Waals surface area contributed by atoms with E-state index in [0.29, 0.717) is 16.7 Å². The van der Waals surface area contributed by atoms with Crippen LogP contribution in [0.4, 0.5) is 4.39 Å². The average Bonchev–Trinajstić information content (AvgIpc) is 2.97. The Bertz CT molecular complexity index is 1580. The number of carbonyl (C=O) groups excluding carboxylic acids is 2. The van der Waals surface area contributed by atoms with Gasteiger partial charge in [0.05, 0.1) is 24.1 Å². The predicted octanol–water partition coefficient (Wildman–Crippen LogP) is 3.13. The summed E-state index contributed by atoms with van der Waals surface area (Å²) >= 11 is 0. The molecule has 0 aliphatic carbocycles. The summed E-state index contributed by atoms with van der Waals surface area (Å²) in [6.45, 7) is 3.33. The molecule has 0 spiro atoms. The fraction of sp³-hybridized carbons (Fsp3) is 0.367. The zero-order chi connectivity index (χ0) is 30.8. The molecule has 3 atom stereocenters. The zero-order valence-electron chi connectivity index (χ0n) is 24.2. The number of nitrogens with zero attached hydrogens (tertiary/aromatic N) is 4. The van der Waals surface area contributed by atoms with E-state index in [4.69, 9.17) is 4.74 Å². The minimum absolute atomic E-state index is 0.0208. The van der Waals surface area contributed by atoms with Gasteiger partial charge < -0.3 is 19.6 Å². The third-order valence-electron chi connectivity index (χ3n) is 7.31. The molecule has 2 heterocycles. The maximum absolute atomic E-state index is 13.8. The van der Waals surface area contributed by atoms with Crippen molar-refractivity contribution in [1.29, 1.82) is 0 Å². The summed E-state index contributed by atoms with van der Waals surface area (Å²) in [5.74, 6) is -1.58. The van der Waals surface area contributed by atoms with Crippen LogP contribution in [0.3, 0.4) is 0 Å². The van der Waals surface area contributed by atoms with Crippen LogP contribution in [0.25, 0.3) is 11.1 Å². The molecule has 3 aromatic rings. The van der Waals surface area contributed by atoms with Gasteiger partial charge in [-0.1, -0.05) is 25.1 Å². The van der Waals surface area contributed by atoms with Gasteiger partial charge in [0.1, 0.15) is 17.5 Å². The smallest absolute Gasteiger partial charge is 0.259 e. The number of fused-ring (bicyclic) bond motifs is 1. The van der Waals surface area contributed by atoms with Gasteiger partial charge in [0.15, 0.2) is 0 Å². The molecule has 0 saturated heterocycles. The van der Waals surface area contributed by atoms with Crippen molar-refractivity contribution in [1.82, 2.24) is 19.1 Å². The third kappa shape index (κ3) is 6.45. The molecule has 4 rings (SSSR count). The molecule has 0 saturated carbocycles. The number of aliphatic hydroxyl groups is 1. The zero-order valence-corrected chi connectivity index (χ0v) is 25.0. The maximum Gasteiger partial charge on any atom is 0.259 e. The van der Waals surface area contributed by atoms with Crippen molar-refractivity contribution in [2.45, 2.75) is 30.9 Å². The maximum atomic E-state index is 13.8. The second-order valence-electron chi connectivity index (χ2n) is 10.7. The van der Waals surface area contributed by atoms with E-state index in [0.717, 1.165) is 10.4 Å². The lowest BCUT2D eigenvalue weighted by Gasteiger charge is -2.37. The Morgan fingerprint density at radius 2 is 1.86 bits per heavy atom. The van der Waals surface area contributed by atoms with E-state index in [9.17, 15) is 27.5 Å². The third-order valence-corrected chi connectivity index (χ3v) is 9.13. The Kier molecular flexibility index (Phi) is 9.29. The molecule has 0 fully saturated rings. The minimum Gasteiger partial charge on any atom is -0.472 e. The van der Waals surface area contributed by atoms with E-state index in [2.05, 4.69) is 4.98 Å². The average molecular weight is 599 g/mol. The van der Waals surface area contributed by atoms with Crippen molar-refractivity contribution in [2.75, 3.05) is 40.8 Å². The summed E-state index contributed by atoms with van der Waals surface area (Å²) < 4.78 is 47.5. The molecule has 10 nitrogen and oxygen atoms in total. The van der Waals surface area contributed by atoms with E-state index in [-0.39, 0.29) is 47.9 Å². The quantitative estimate of drug-likeness (QED) is 0.423. The lowest BCUT2D eigenvalue weighted by Crippen LogP contribution is -2.50. The summed E-state index contributed by atoms with van der Waals surface area (Å²) in [7, 11) is 0.656. The van der Waals surface area contributed by atoms with Crippen molar-refractivity contribution in [3.05, 3.63) is 77.7 Å². The normalized spacial score (nSPS) is 18.1. The number of halogens is 1. The van der Waals surface area contributed by atoms with Crippen LogP contribution in [-0.4, -0.2) is 97.4 Å². The highest BCUT2D eigenvalue weighted by Gasteiger charge is 2.36. The number of likely N-dealkylation sites (N-methyl/N-ethyl adjacent to an activating group) is 1. The van der Waals surface area contributed by atoms with Crippen LogP contribution in [0, 0.1) is 11.7 Å². The number of carbonyl (C=O) groups is 2. The first-order chi connectivity index (χ1) is 19.8. The number of pyridine rings is 1. The van der Waals surface area contributed by atoms with Crippen LogP contribution >= 0.6 is 0 Å². The van der Waals surface area contributed by atoms with Crippen LogP contribution in [0.5, 0.6) is 5.88 Å². The monoisotopic (exact) mass is 598 g/mol. The van der Waals surface area contributed by atoms with Gasteiger partial charge in [0.2, 0.25) is 15.9 Å². The number of aliphatic hydroxyl groups excluding tert-OH is 1. The highest BCUT2D eigenvalue weighted by Crippen LogP contribution is 2.31. The van der Waals surface area contributed by atoms with Gasteiger partial charge in [-0.25, -0.2) is 17.8 Å². The Hall–Kier alpha value is -3.87. The number of amides is 2. The molecule has 2 aromatic carbocycles. The minimum atomic E-state index is -4.05. The SMILES string of the molecule is C[C@@H]1CN([C@@H](C)CO)C(=O)c2cc(-c3cccc(C(=O)N(C)C)c3)cnc2O[C@@H]1CN(C)S(=O)(=O)c1cccc(F)c1. The number of ether oxygens (including phenoxy) is 1. The van der Waals surface area contributed by atoms with Gasteiger partial charge in [-0.3, -0.25) is 9.59 Å². The van der Waals surface area contributed by atoms with E-state index in [1.165, 1.54) is 41.2 Å². The highest BCUT2D eigenvalue weighted by molar-refractivity contribution is 7.89. The highest BCUT2D eigenvalue weighted by atomic mass is 32.2. The molecule has 12 heteroatoms. The molecule has 1 N–H and O–H groups in total. The molecule has 2 amide bonds. The van der Waals surface area contributed by atoms with E-state index >= 15 is 0 Å². The summed E-state index contributed by atoms with van der Waals surface area (Å²) in [4.78, 5) is 33.6. The van der Waals surface area contributed by atoms with Crippen LogP contribution in [0.2, 0.25) is 0 Å².